The maximum Gasteiger partial charge on any atom is -0.00193 e. The molecule has 0 aromatic rings. The maximum absolute atomic E-state index is 3.72. The zero-order chi connectivity index (χ0) is 7.28. The van der Waals surface area contributed by atoms with Crippen LogP contribution in [0.4, 0.5) is 0 Å². The summed E-state index contributed by atoms with van der Waals surface area (Å²) in [7, 11) is 4.19. The molecule has 0 saturated heterocycles. The highest BCUT2D eigenvalue weighted by molar-refractivity contribution is 4.74. The van der Waals surface area contributed by atoms with Crippen molar-refractivity contribution in [2.24, 2.45) is 5.92 Å². The van der Waals surface area contributed by atoms with Gasteiger partial charge in [0.1, 0.15) is 0 Å². The zero-order valence-corrected chi connectivity index (χ0v) is 6.72. The standard InChI is InChI=1S/C8H17N/c1-5-8(2)6-7-9(3)4/h5,8H,1,6-7H2,2-4H3/t8-/m0/s1. The monoisotopic (exact) mass is 127 g/mol. The van der Waals surface area contributed by atoms with E-state index in [0.29, 0.717) is 5.92 Å². The van der Waals surface area contributed by atoms with Crippen LogP contribution in [0.1, 0.15) is 13.3 Å². The van der Waals surface area contributed by atoms with Crippen molar-refractivity contribution in [3.8, 4) is 0 Å². The highest BCUT2D eigenvalue weighted by atomic mass is 15.0. The van der Waals surface area contributed by atoms with E-state index in [4.69, 9.17) is 0 Å². The van der Waals surface area contributed by atoms with Gasteiger partial charge in [-0.05, 0) is 33.0 Å². The van der Waals surface area contributed by atoms with Crippen LogP contribution in [0, 0.1) is 5.92 Å². The first kappa shape index (κ1) is 8.70. The van der Waals surface area contributed by atoms with Crippen LogP contribution in [0.5, 0.6) is 0 Å². The lowest BCUT2D eigenvalue weighted by Crippen LogP contribution is -2.14. The molecule has 0 spiro atoms. The minimum absolute atomic E-state index is 0.660. The van der Waals surface area contributed by atoms with Gasteiger partial charge in [0, 0.05) is 0 Å². The quantitative estimate of drug-likeness (QED) is 0.520. The Hall–Kier alpha value is -0.300. The smallest absolute Gasteiger partial charge is 0.00193 e. The van der Waals surface area contributed by atoms with Crippen molar-refractivity contribution in [3.63, 3.8) is 0 Å². The molecule has 0 bridgehead atoms. The molecular weight excluding hydrogens is 110 g/mol. The first-order valence-electron chi connectivity index (χ1n) is 3.44. The van der Waals surface area contributed by atoms with Crippen LogP contribution in [0.3, 0.4) is 0 Å². The van der Waals surface area contributed by atoms with Crippen LogP contribution in [0.25, 0.3) is 0 Å². The molecule has 9 heavy (non-hydrogen) atoms. The van der Waals surface area contributed by atoms with E-state index in [-0.39, 0.29) is 0 Å². The fraction of sp³-hybridized carbons (Fsp3) is 0.750. The number of hydrogen-bond acceptors (Lipinski definition) is 1. The van der Waals surface area contributed by atoms with Crippen molar-refractivity contribution >= 4 is 0 Å². The predicted octanol–water partition coefficient (Wildman–Crippen LogP) is 1.76. The SMILES string of the molecule is C=C[C@H](C)CCN(C)C. The van der Waals surface area contributed by atoms with Gasteiger partial charge in [-0.3, -0.25) is 0 Å². The van der Waals surface area contributed by atoms with E-state index in [1.807, 2.05) is 6.08 Å². The predicted molar refractivity (Wildman–Crippen MR) is 42.5 cm³/mol. The average molecular weight is 127 g/mol. The van der Waals surface area contributed by atoms with Gasteiger partial charge in [0.25, 0.3) is 0 Å². The van der Waals surface area contributed by atoms with Crippen LogP contribution >= 0.6 is 0 Å². The zero-order valence-electron chi connectivity index (χ0n) is 6.72. The Labute approximate surface area is 58.4 Å². The number of allylic oxidation sites excluding steroid dienone is 1. The number of nitrogens with zero attached hydrogens (tertiary/aromatic N) is 1. The topological polar surface area (TPSA) is 3.24 Å². The number of hydrogen-bond donors (Lipinski definition) is 0. The van der Waals surface area contributed by atoms with Crippen molar-refractivity contribution in [1.82, 2.24) is 4.90 Å². The second-order valence-corrected chi connectivity index (χ2v) is 2.80. The third-order valence-corrected chi connectivity index (χ3v) is 1.43. The van der Waals surface area contributed by atoms with Gasteiger partial charge in [0.2, 0.25) is 0 Å². The summed E-state index contributed by atoms with van der Waals surface area (Å²) >= 11 is 0. The Morgan fingerprint density at radius 2 is 2.11 bits per heavy atom. The normalized spacial score (nSPS) is 13.8. The summed E-state index contributed by atoms with van der Waals surface area (Å²) in [5.74, 6) is 0.660. The molecule has 0 saturated carbocycles. The molecule has 1 atom stereocenters. The molecule has 1 heteroatoms. The van der Waals surface area contributed by atoms with E-state index >= 15 is 0 Å². The van der Waals surface area contributed by atoms with Crippen LogP contribution in [-0.4, -0.2) is 25.5 Å². The Morgan fingerprint density at radius 3 is 2.44 bits per heavy atom. The van der Waals surface area contributed by atoms with Crippen LogP contribution < -0.4 is 0 Å². The Balaban J connectivity index is 3.16. The van der Waals surface area contributed by atoms with Gasteiger partial charge in [-0.1, -0.05) is 13.0 Å². The molecule has 0 aliphatic rings. The summed E-state index contributed by atoms with van der Waals surface area (Å²) in [6, 6.07) is 0. The molecule has 0 fully saturated rings. The molecule has 0 N–H and O–H groups in total. The molecule has 0 unspecified atom stereocenters. The average Bonchev–Trinajstić information content (AvgIpc) is 1.83. The Bertz CT molecular complexity index is 76.6. The van der Waals surface area contributed by atoms with Crippen molar-refractivity contribution in [2.45, 2.75) is 13.3 Å². The number of rotatable bonds is 4. The largest absolute Gasteiger partial charge is 0.309 e. The second-order valence-electron chi connectivity index (χ2n) is 2.80. The molecule has 0 aromatic carbocycles. The van der Waals surface area contributed by atoms with Crippen molar-refractivity contribution in [1.29, 1.82) is 0 Å². The van der Waals surface area contributed by atoms with E-state index in [1.165, 1.54) is 6.42 Å². The summed E-state index contributed by atoms with van der Waals surface area (Å²) in [5, 5.41) is 0. The van der Waals surface area contributed by atoms with Crippen molar-refractivity contribution < 1.29 is 0 Å². The van der Waals surface area contributed by atoms with Crippen molar-refractivity contribution in [2.75, 3.05) is 20.6 Å². The van der Waals surface area contributed by atoms with Gasteiger partial charge in [0.15, 0.2) is 0 Å². The van der Waals surface area contributed by atoms with Gasteiger partial charge in [-0.2, -0.15) is 0 Å². The van der Waals surface area contributed by atoms with Crippen LogP contribution in [0.2, 0.25) is 0 Å². The maximum atomic E-state index is 3.72. The molecule has 0 aliphatic carbocycles. The molecule has 0 amide bonds. The molecule has 0 rings (SSSR count). The van der Waals surface area contributed by atoms with E-state index < -0.39 is 0 Å². The van der Waals surface area contributed by atoms with Gasteiger partial charge in [-0.15, -0.1) is 6.58 Å². The second kappa shape index (κ2) is 4.57. The minimum atomic E-state index is 0.660. The molecule has 54 valence electrons. The summed E-state index contributed by atoms with van der Waals surface area (Å²) in [6.45, 7) is 7.07. The van der Waals surface area contributed by atoms with E-state index in [9.17, 15) is 0 Å². The first-order valence-corrected chi connectivity index (χ1v) is 3.44. The molecule has 0 aromatic heterocycles. The Morgan fingerprint density at radius 1 is 1.56 bits per heavy atom. The van der Waals surface area contributed by atoms with Gasteiger partial charge in [-0.25, -0.2) is 0 Å². The van der Waals surface area contributed by atoms with E-state index in [0.717, 1.165) is 6.54 Å². The summed E-state index contributed by atoms with van der Waals surface area (Å²) in [4.78, 5) is 2.19. The molecule has 0 heterocycles. The molecule has 0 radical (unpaired) electrons. The van der Waals surface area contributed by atoms with Gasteiger partial charge in [0.05, 0.1) is 0 Å². The highest BCUT2D eigenvalue weighted by Gasteiger charge is 1.95. The van der Waals surface area contributed by atoms with E-state index in [1.54, 1.807) is 0 Å². The fourth-order valence-corrected chi connectivity index (χ4v) is 0.580. The van der Waals surface area contributed by atoms with Gasteiger partial charge < -0.3 is 4.90 Å². The molecular formula is C8H17N. The lowest BCUT2D eigenvalue weighted by atomic mass is 10.1. The minimum Gasteiger partial charge on any atom is -0.309 e. The summed E-state index contributed by atoms with van der Waals surface area (Å²) in [6.07, 6.45) is 3.22. The lowest BCUT2D eigenvalue weighted by molar-refractivity contribution is 0.380. The first-order chi connectivity index (χ1) is 4.16. The lowest BCUT2D eigenvalue weighted by Gasteiger charge is -2.10. The van der Waals surface area contributed by atoms with Gasteiger partial charge >= 0.3 is 0 Å². The van der Waals surface area contributed by atoms with Crippen molar-refractivity contribution in [3.05, 3.63) is 12.7 Å². The Kier molecular flexibility index (Phi) is 4.41. The summed E-state index contributed by atoms with van der Waals surface area (Å²) < 4.78 is 0. The molecule has 1 nitrogen and oxygen atoms in total. The fourth-order valence-electron chi connectivity index (χ4n) is 0.580. The van der Waals surface area contributed by atoms with E-state index in [2.05, 4.69) is 32.5 Å². The third-order valence-electron chi connectivity index (χ3n) is 1.43. The van der Waals surface area contributed by atoms with Crippen LogP contribution in [-0.2, 0) is 0 Å². The highest BCUT2D eigenvalue weighted by Crippen LogP contribution is 2.01. The third kappa shape index (κ3) is 5.57. The molecule has 0 aliphatic heterocycles. The summed E-state index contributed by atoms with van der Waals surface area (Å²) in [5.41, 5.74) is 0. The van der Waals surface area contributed by atoms with Crippen LogP contribution in [0.15, 0.2) is 12.7 Å².